The zero-order chi connectivity index (χ0) is 29.6. The molecular weight excluding hydrogens is 611 g/mol. The Morgan fingerprint density at radius 2 is 1.49 bits per heavy atom. The third kappa shape index (κ3) is 8.18. The Bertz CT molecular complexity index is 1690. The number of nitrogens with zero attached hydrogens (tertiary/aromatic N) is 2. The van der Waals surface area contributed by atoms with Crippen molar-refractivity contribution in [3.05, 3.63) is 117 Å². The molecule has 9 nitrogen and oxygen atoms in total. The van der Waals surface area contributed by atoms with Gasteiger partial charge in [-0.15, -0.1) is 0 Å². The molecule has 0 bridgehead atoms. The number of hydrogen-bond donors (Lipinski definition) is 2. The van der Waals surface area contributed by atoms with Crippen molar-refractivity contribution in [3.8, 4) is 0 Å². The fourth-order valence-corrected chi connectivity index (χ4v) is 5.43. The Balaban J connectivity index is 1.44. The van der Waals surface area contributed by atoms with E-state index >= 15 is 0 Å². The highest BCUT2D eigenvalue weighted by Crippen LogP contribution is 2.24. The molecule has 2 amide bonds. The van der Waals surface area contributed by atoms with Crippen molar-refractivity contribution in [1.29, 1.82) is 0 Å². The topological polar surface area (TPSA) is 121 Å². The normalized spacial score (nSPS) is 11.6. The molecule has 0 saturated carbocycles. The molecule has 0 fully saturated rings. The SMILES string of the molecule is Cc1ccc(Cl)cc1NC(=O)C(=O)N/N=C/c1ccc(CN(Cc2ccc(Cl)cc2)S(=O)(=O)c2ccc(Cl)cc2)o1. The molecule has 0 unspecified atom stereocenters. The lowest BCUT2D eigenvalue weighted by Gasteiger charge is -2.21. The third-order valence-corrected chi connectivity index (χ3v) is 8.30. The molecule has 4 aromatic rings. The summed E-state index contributed by atoms with van der Waals surface area (Å²) in [7, 11) is -3.95. The van der Waals surface area contributed by atoms with Crippen LogP contribution in [0.15, 0.2) is 93.3 Å². The molecule has 1 heterocycles. The van der Waals surface area contributed by atoms with E-state index in [9.17, 15) is 18.0 Å². The van der Waals surface area contributed by atoms with E-state index in [-0.39, 0.29) is 23.7 Å². The van der Waals surface area contributed by atoms with Crippen LogP contribution in [-0.4, -0.2) is 30.8 Å². The summed E-state index contributed by atoms with van der Waals surface area (Å²) < 4.78 is 34.0. The standard InChI is InChI=1S/C28H23Cl3N4O5S/c1-18-2-5-22(31)14-26(18)33-27(36)28(37)34-32-15-23-10-11-24(40-23)17-35(16-19-3-6-20(29)7-4-19)41(38,39)25-12-8-21(30)9-13-25/h2-15H,16-17H2,1H3,(H,33,36)(H,34,37)/b32-15+. The molecule has 0 aliphatic carbocycles. The Kier molecular flexibility index (Phi) is 9.85. The van der Waals surface area contributed by atoms with Gasteiger partial charge in [-0.3, -0.25) is 9.59 Å². The maximum atomic E-state index is 13.5. The Labute approximate surface area is 251 Å². The number of hydrogen-bond acceptors (Lipinski definition) is 6. The minimum Gasteiger partial charge on any atom is -0.459 e. The van der Waals surface area contributed by atoms with E-state index in [4.69, 9.17) is 39.2 Å². The molecule has 2 N–H and O–H groups in total. The van der Waals surface area contributed by atoms with Crippen molar-refractivity contribution in [3.63, 3.8) is 0 Å². The number of carbonyl (C=O) groups excluding carboxylic acids is 2. The zero-order valence-corrected chi connectivity index (χ0v) is 24.6. The Hall–Kier alpha value is -3.67. The highest BCUT2D eigenvalue weighted by Gasteiger charge is 2.26. The van der Waals surface area contributed by atoms with Crippen LogP contribution in [-0.2, 0) is 32.7 Å². The molecule has 0 aliphatic heterocycles. The Morgan fingerprint density at radius 3 is 2.17 bits per heavy atom. The predicted octanol–water partition coefficient (Wildman–Crippen LogP) is 6.03. The summed E-state index contributed by atoms with van der Waals surface area (Å²) in [5.41, 5.74) is 3.96. The van der Waals surface area contributed by atoms with E-state index in [1.165, 1.54) is 40.9 Å². The predicted molar refractivity (Wildman–Crippen MR) is 159 cm³/mol. The van der Waals surface area contributed by atoms with E-state index in [0.29, 0.717) is 32.1 Å². The van der Waals surface area contributed by atoms with E-state index in [1.807, 2.05) is 0 Å². The molecule has 41 heavy (non-hydrogen) atoms. The number of sulfonamides is 1. The second-order valence-corrected chi connectivity index (χ2v) is 12.0. The van der Waals surface area contributed by atoms with Crippen LogP contribution in [0.2, 0.25) is 15.1 Å². The summed E-state index contributed by atoms with van der Waals surface area (Å²) in [5, 5.41) is 7.57. The van der Waals surface area contributed by atoms with Gasteiger partial charge in [-0.05, 0) is 78.7 Å². The van der Waals surface area contributed by atoms with Crippen LogP contribution < -0.4 is 10.7 Å². The summed E-state index contributed by atoms with van der Waals surface area (Å²) in [6, 6.07) is 20.7. The van der Waals surface area contributed by atoms with Gasteiger partial charge in [0.1, 0.15) is 11.5 Å². The second kappa shape index (κ2) is 13.3. The van der Waals surface area contributed by atoms with Gasteiger partial charge < -0.3 is 9.73 Å². The molecule has 0 aliphatic rings. The highest BCUT2D eigenvalue weighted by molar-refractivity contribution is 7.89. The van der Waals surface area contributed by atoms with Gasteiger partial charge >= 0.3 is 11.8 Å². The van der Waals surface area contributed by atoms with Crippen LogP contribution in [0.5, 0.6) is 0 Å². The zero-order valence-electron chi connectivity index (χ0n) is 21.5. The number of benzene rings is 3. The van der Waals surface area contributed by atoms with Crippen molar-refractivity contribution in [2.45, 2.75) is 24.9 Å². The number of hydrazone groups is 1. The molecule has 4 rings (SSSR count). The molecule has 1 aromatic heterocycles. The lowest BCUT2D eigenvalue weighted by molar-refractivity contribution is -0.136. The van der Waals surface area contributed by atoms with E-state index in [0.717, 1.165) is 5.56 Å². The van der Waals surface area contributed by atoms with Gasteiger partial charge in [0.25, 0.3) is 0 Å². The number of anilines is 1. The average molecular weight is 634 g/mol. The van der Waals surface area contributed by atoms with Crippen molar-refractivity contribution in [2.75, 3.05) is 5.32 Å². The fourth-order valence-electron chi connectivity index (χ4n) is 3.61. The first-order valence-electron chi connectivity index (χ1n) is 12.0. The minimum atomic E-state index is -3.95. The number of furan rings is 1. The maximum absolute atomic E-state index is 13.5. The maximum Gasteiger partial charge on any atom is 0.329 e. The smallest absolute Gasteiger partial charge is 0.329 e. The van der Waals surface area contributed by atoms with Crippen molar-refractivity contribution in [1.82, 2.24) is 9.73 Å². The van der Waals surface area contributed by atoms with Gasteiger partial charge in [-0.2, -0.15) is 9.41 Å². The van der Waals surface area contributed by atoms with Gasteiger partial charge in [0.15, 0.2) is 0 Å². The van der Waals surface area contributed by atoms with E-state index in [1.54, 1.807) is 55.5 Å². The summed E-state index contributed by atoms with van der Waals surface area (Å²) in [4.78, 5) is 24.4. The van der Waals surface area contributed by atoms with Crippen LogP contribution in [0, 0.1) is 6.92 Å². The van der Waals surface area contributed by atoms with Crippen molar-refractivity contribution >= 4 is 68.5 Å². The van der Waals surface area contributed by atoms with E-state index < -0.39 is 21.8 Å². The Morgan fingerprint density at radius 1 is 0.854 bits per heavy atom. The van der Waals surface area contributed by atoms with Gasteiger partial charge in [-0.25, -0.2) is 13.8 Å². The number of aryl methyl sites for hydroxylation is 1. The van der Waals surface area contributed by atoms with Crippen LogP contribution in [0.25, 0.3) is 0 Å². The minimum absolute atomic E-state index is 0.0452. The molecular formula is C28H23Cl3N4O5S. The molecule has 0 atom stereocenters. The second-order valence-electron chi connectivity index (χ2n) is 8.77. The van der Waals surface area contributed by atoms with Crippen LogP contribution >= 0.6 is 34.8 Å². The fraction of sp³-hybridized carbons (Fsp3) is 0.107. The van der Waals surface area contributed by atoms with Crippen LogP contribution in [0.3, 0.4) is 0 Å². The summed E-state index contributed by atoms with van der Waals surface area (Å²) >= 11 is 17.9. The summed E-state index contributed by atoms with van der Waals surface area (Å²) in [5.74, 6) is -1.39. The van der Waals surface area contributed by atoms with E-state index in [2.05, 4.69) is 15.8 Å². The molecule has 0 radical (unpaired) electrons. The molecule has 0 spiro atoms. The number of carbonyl (C=O) groups is 2. The van der Waals surface area contributed by atoms with Gasteiger partial charge in [-0.1, -0.05) is 53.0 Å². The number of halogens is 3. The third-order valence-electron chi connectivity index (χ3n) is 5.75. The number of nitrogens with one attached hydrogen (secondary N) is 2. The molecule has 212 valence electrons. The van der Waals surface area contributed by atoms with Crippen molar-refractivity contribution in [2.24, 2.45) is 5.10 Å². The average Bonchev–Trinajstić information content (AvgIpc) is 3.38. The van der Waals surface area contributed by atoms with Gasteiger partial charge in [0.2, 0.25) is 10.0 Å². The monoisotopic (exact) mass is 632 g/mol. The molecule has 13 heteroatoms. The van der Waals surface area contributed by atoms with Gasteiger partial charge in [0, 0.05) is 27.3 Å². The number of amides is 2. The first-order chi connectivity index (χ1) is 19.5. The first kappa shape index (κ1) is 30.3. The molecule has 3 aromatic carbocycles. The summed E-state index contributed by atoms with van der Waals surface area (Å²) in [6.45, 7) is 1.70. The highest BCUT2D eigenvalue weighted by atomic mass is 35.5. The lowest BCUT2D eigenvalue weighted by Crippen LogP contribution is -2.32. The lowest BCUT2D eigenvalue weighted by atomic mass is 10.2. The van der Waals surface area contributed by atoms with Crippen LogP contribution in [0.1, 0.15) is 22.6 Å². The van der Waals surface area contributed by atoms with Crippen LogP contribution in [0.4, 0.5) is 5.69 Å². The van der Waals surface area contributed by atoms with Crippen molar-refractivity contribution < 1.29 is 22.4 Å². The molecule has 0 saturated heterocycles. The quantitative estimate of drug-likeness (QED) is 0.133. The van der Waals surface area contributed by atoms with Gasteiger partial charge in [0.05, 0.1) is 17.7 Å². The summed E-state index contributed by atoms with van der Waals surface area (Å²) in [6.07, 6.45) is 1.19. The number of rotatable bonds is 9. The first-order valence-corrected chi connectivity index (χ1v) is 14.6. The largest absolute Gasteiger partial charge is 0.459 e.